The van der Waals surface area contributed by atoms with Crippen LogP contribution in [-0.2, 0) is 4.74 Å². The first-order valence-electron chi connectivity index (χ1n) is 5.11. The Morgan fingerprint density at radius 3 is 2.21 bits per heavy atom. The Balaban J connectivity index is 3.45. The van der Waals surface area contributed by atoms with Crippen LogP contribution in [0.3, 0.4) is 0 Å². The van der Waals surface area contributed by atoms with Crippen molar-refractivity contribution in [2.45, 2.75) is 58.1 Å². The molecule has 3 nitrogen and oxygen atoms in total. The molecule has 14 heavy (non-hydrogen) atoms. The van der Waals surface area contributed by atoms with E-state index in [-0.39, 0.29) is 5.60 Å². The third-order valence-corrected chi connectivity index (χ3v) is 1.88. The van der Waals surface area contributed by atoms with E-state index >= 15 is 0 Å². The predicted molar refractivity (Wildman–Crippen MR) is 57.8 cm³/mol. The highest BCUT2D eigenvalue weighted by atomic mass is 16.5. The molecule has 0 radical (unpaired) electrons. The molecule has 0 heterocycles. The number of nitriles is 1. The molecule has 3 heteroatoms. The van der Waals surface area contributed by atoms with Crippen molar-refractivity contribution in [2.75, 3.05) is 6.61 Å². The van der Waals surface area contributed by atoms with Gasteiger partial charge in [0.05, 0.1) is 11.7 Å². The zero-order valence-corrected chi connectivity index (χ0v) is 9.76. The number of hydrogen-bond acceptors (Lipinski definition) is 3. The summed E-state index contributed by atoms with van der Waals surface area (Å²) in [5, 5.41) is 8.67. The number of unbranched alkanes of at least 4 members (excludes halogenated alkanes) is 1. The Morgan fingerprint density at radius 2 is 1.79 bits per heavy atom. The number of hydrogen-bond donors (Lipinski definition) is 1. The molecule has 0 aliphatic carbocycles. The summed E-state index contributed by atoms with van der Waals surface area (Å²) in [6, 6.07) is 2.09. The molecule has 0 spiro atoms. The maximum absolute atomic E-state index is 8.67. The topological polar surface area (TPSA) is 59.0 Å². The van der Waals surface area contributed by atoms with Gasteiger partial charge in [0.25, 0.3) is 0 Å². The molecule has 0 aliphatic rings. The number of ether oxygens (including phenoxy) is 1. The van der Waals surface area contributed by atoms with E-state index in [9.17, 15) is 0 Å². The minimum absolute atomic E-state index is 0.0682. The van der Waals surface area contributed by atoms with Gasteiger partial charge in [-0.15, -0.1) is 0 Å². The minimum atomic E-state index is -0.679. The molecule has 0 rings (SSSR count). The zero-order chi connectivity index (χ0) is 11.2. The Hall–Kier alpha value is -0.590. The molecule has 1 unspecified atom stereocenters. The van der Waals surface area contributed by atoms with Gasteiger partial charge >= 0.3 is 0 Å². The highest BCUT2D eigenvalue weighted by molar-refractivity contribution is 5.00. The molecule has 0 aromatic carbocycles. The van der Waals surface area contributed by atoms with Crippen LogP contribution >= 0.6 is 0 Å². The fourth-order valence-electron chi connectivity index (χ4n) is 1.03. The van der Waals surface area contributed by atoms with Crippen molar-refractivity contribution >= 4 is 0 Å². The van der Waals surface area contributed by atoms with Gasteiger partial charge in [-0.2, -0.15) is 5.26 Å². The smallest absolute Gasteiger partial charge is 0.101 e. The summed E-state index contributed by atoms with van der Waals surface area (Å²) in [4.78, 5) is 0. The van der Waals surface area contributed by atoms with E-state index in [0.717, 1.165) is 25.9 Å². The van der Waals surface area contributed by atoms with E-state index in [1.807, 2.05) is 20.8 Å². The van der Waals surface area contributed by atoms with E-state index in [1.165, 1.54) is 0 Å². The first kappa shape index (κ1) is 13.4. The van der Waals surface area contributed by atoms with Crippen LogP contribution in [0.25, 0.3) is 0 Å². The number of rotatable bonds is 5. The van der Waals surface area contributed by atoms with Crippen molar-refractivity contribution < 1.29 is 4.74 Å². The minimum Gasteiger partial charge on any atom is -0.376 e. The maximum atomic E-state index is 8.67. The number of nitrogens with two attached hydrogens (primary N) is 1. The van der Waals surface area contributed by atoms with Gasteiger partial charge in [-0.1, -0.05) is 0 Å². The van der Waals surface area contributed by atoms with Crippen LogP contribution < -0.4 is 5.73 Å². The monoisotopic (exact) mass is 198 g/mol. The molecular formula is C11H22N2O. The summed E-state index contributed by atoms with van der Waals surface area (Å²) >= 11 is 0. The normalized spacial score (nSPS) is 16.0. The average molecular weight is 198 g/mol. The van der Waals surface area contributed by atoms with Crippen molar-refractivity contribution in [3.63, 3.8) is 0 Å². The molecule has 0 aromatic heterocycles. The lowest BCUT2D eigenvalue weighted by atomic mass is 9.98. The van der Waals surface area contributed by atoms with Crippen LogP contribution in [0.2, 0.25) is 0 Å². The van der Waals surface area contributed by atoms with Gasteiger partial charge in [0.1, 0.15) is 5.54 Å². The first-order chi connectivity index (χ1) is 6.27. The molecule has 1 atom stereocenters. The molecule has 0 amide bonds. The fraction of sp³-hybridized carbons (Fsp3) is 0.909. The van der Waals surface area contributed by atoms with Crippen LogP contribution in [0.1, 0.15) is 47.0 Å². The molecule has 82 valence electrons. The summed E-state index contributed by atoms with van der Waals surface area (Å²) in [6.07, 6.45) is 2.64. The quantitative estimate of drug-likeness (QED) is 0.689. The van der Waals surface area contributed by atoms with Crippen molar-refractivity contribution in [3.05, 3.63) is 0 Å². The molecule has 0 fully saturated rings. The SMILES string of the molecule is CC(N)(C#N)CCCCOC(C)(C)C. The van der Waals surface area contributed by atoms with E-state index in [2.05, 4.69) is 6.07 Å². The lowest BCUT2D eigenvalue weighted by Gasteiger charge is -2.20. The molecule has 0 bridgehead atoms. The summed E-state index contributed by atoms with van der Waals surface area (Å²) < 4.78 is 5.55. The Labute approximate surface area is 87.2 Å². The van der Waals surface area contributed by atoms with Gasteiger partial charge in [-0.25, -0.2) is 0 Å². The maximum Gasteiger partial charge on any atom is 0.101 e. The van der Waals surface area contributed by atoms with Gasteiger partial charge in [0.15, 0.2) is 0 Å². The van der Waals surface area contributed by atoms with Crippen LogP contribution in [0, 0.1) is 11.3 Å². The van der Waals surface area contributed by atoms with Crippen LogP contribution in [0.5, 0.6) is 0 Å². The van der Waals surface area contributed by atoms with E-state index in [1.54, 1.807) is 6.92 Å². The van der Waals surface area contributed by atoms with Crippen molar-refractivity contribution in [1.82, 2.24) is 0 Å². The zero-order valence-electron chi connectivity index (χ0n) is 9.76. The Bertz CT molecular complexity index is 198. The van der Waals surface area contributed by atoms with Gasteiger partial charge in [0.2, 0.25) is 0 Å². The Morgan fingerprint density at radius 1 is 1.21 bits per heavy atom. The highest BCUT2D eigenvalue weighted by Crippen LogP contribution is 2.12. The summed E-state index contributed by atoms with van der Waals surface area (Å²) in [5.74, 6) is 0. The molecule has 2 N–H and O–H groups in total. The van der Waals surface area contributed by atoms with Gasteiger partial charge in [-0.05, 0) is 47.0 Å². The summed E-state index contributed by atoms with van der Waals surface area (Å²) in [7, 11) is 0. The largest absolute Gasteiger partial charge is 0.376 e. The molecular weight excluding hydrogens is 176 g/mol. The van der Waals surface area contributed by atoms with Crippen LogP contribution in [0.4, 0.5) is 0 Å². The lowest BCUT2D eigenvalue weighted by molar-refractivity contribution is -0.00492. The molecule has 0 aliphatic heterocycles. The highest BCUT2D eigenvalue weighted by Gasteiger charge is 2.16. The van der Waals surface area contributed by atoms with Crippen LogP contribution in [0.15, 0.2) is 0 Å². The van der Waals surface area contributed by atoms with E-state index in [4.69, 9.17) is 15.7 Å². The van der Waals surface area contributed by atoms with Crippen molar-refractivity contribution in [1.29, 1.82) is 5.26 Å². The number of nitrogens with zero attached hydrogens (tertiary/aromatic N) is 1. The van der Waals surface area contributed by atoms with Crippen LogP contribution in [-0.4, -0.2) is 17.7 Å². The van der Waals surface area contributed by atoms with E-state index < -0.39 is 5.54 Å². The summed E-state index contributed by atoms with van der Waals surface area (Å²) in [6.45, 7) is 8.61. The van der Waals surface area contributed by atoms with E-state index in [0.29, 0.717) is 0 Å². The van der Waals surface area contributed by atoms with Gasteiger partial charge in [-0.3, -0.25) is 0 Å². The standard InChI is InChI=1S/C11H22N2O/c1-10(2,3)14-8-6-5-7-11(4,13)9-12/h5-8,13H2,1-4H3. The second-order valence-electron chi connectivity index (χ2n) is 4.95. The first-order valence-corrected chi connectivity index (χ1v) is 5.11. The lowest BCUT2D eigenvalue weighted by Crippen LogP contribution is -2.33. The third kappa shape index (κ3) is 8.03. The summed E-state index contributed by atoms with van der Waals surface area (Å²) in [5.41, 5.74) is 4.94. The van der Waals surface area contributed by atoms with Crippen molar-refractivity contribution in [3.8, 4) is 6.07 Å². The van der Waals surface area contributed by atoms with Gasteiger partial charge in [0, 0.05) is 6.61 Å². The molecule has 0 aromatic rings. The second-order valence-corrected chi connectivity index (χ2v) is 4.95. The Kier molecular flexibility index (Phi) is 5.11. The third-order valence-electron chi connectivity index (χ3n) is 1.88. The predicted octanol–water partition coefficient (Wildman–Crippen LogP) is 2.21. The van der Waals surface area contributed by atoms with Gasteiger partial charge < -0.3 is 10.5 Å². The fourth-order valence-corrected chi connectivity index (χ4v) is 1.03. The van der Waals surface area contributed by atoms with Crippen molar-refractivity contribution in [2.24, 2.45) is 5.73 Å². The second kappa shape index (κ2) is 5.33. The molecule has 0 saturated heterocycles. The average Bonchev–Trinajstić information content (AvgIpc) is 2.01. The molecule has 0 saturated carbocycles.